The minimum Gasteiger partial charge on any atom is -0.485 e. The highest BCUT2D eigenvalue weighted by Gasteiger charge is 2.07. The van der Waals surface area contributed by atoms with Gasteiger partial charge in [0.1, 0.15) is 5.75 Å². The summed E-state index contributed by atoms with van der Waals surface area (Å²) in [4.78, 5) is 12.1. The quantitative estimate of drug-likeness (QED) is 0.633. The van der Waals surface area contributed by atoms with Crippen LogP contribution in [0.4, 0.5) is 0 Å². The van der Waals surface area contributed by atoms with Crippen LogP contribution in [0.15, 0.2) is 71.2 Å². The minimum atomic E-state index is -0.0318. The van der Waals surface area contributed by atoms with Gasteiger partial charge in [0, 0.05) is 10.0 Å². The molecular weight excluding hydrogens is 328 g/mol. The van der Waals surface area contributed by atoms with Gasteiger partial charge in [0.05, 0.1) is 0 Å². The largest absolute Gasteiger partial charge is 0.485 e. The summed E-state index contributed by atoms with van der Waals surface area (Å²) in [6, 6.07) is 21.2. The molecule has 0 N–H and O–H groups in total. The Morgan fingerprint density at radius 3 is 2.38 bits per heavy atom. The van der Waals surface area contributed by atoms with Crippen molar-refractivity contribution in [3.8, 4) is 5.75 Å². The summed E-state index contributed by atoms with van der Waals surface area (Å²) in [5, 5.41) is 2.26. The molecule has 3 heteroatoms. The monoisotopic (exact) mass is 340 g/mol. The van der Waals surface area contributed by atoms with Crippen molar-refractivity contribution in [2.75, 3.05) is 6.61 Å². The van der Waals surface area contributed by atoms with E-state index in [0.717, 1.165) is 15.2 Å². The van der Waals surface area contributed by atoms with E-state index in [9.17, 15) is 4.79 Å². The summed E-state index contributed by atoms with van der Waals surface area (Å²) in [6.07, 6.45) is 0. The number of carbonyl (C=O) groups excluding carboxylic acids is 1. The van der Waals surface area contributed by atoms with E-state index in [2.05, 4.69) is 15.9 Å². The van der Waals surface area contributed by atoms with Gasteiger partial charge in [-0.3, -0.25) is 4.79 Å². The maximum absolute atomic E-state index is 12.1. The van der Waals surface area contributed by atoms with Gasteiger partial charge in [-0.15, -0.1) is 0 Å². The maximum atomic E-state index is 12.1. The van der Waals surface area contributed by atoms with E-state index in [1.807, 2.05) is 54.6 Å². The number of Topliss-reactive ketones (excluding diaryl/α,β-unsaturated/α-hetero) is 1. The smallest absolute Gasteiger partial charge is 0.200 e. The van der Waals surface area contributed by atoms with E-state index < -0.39 is 0 Å². The fraction of sp³-hybridized carbons (Fsp3) is 0.0556. The van der Waals surface area contributed by atoms with Gasteiger partial charge < -0.3 is 4.74 Å². The van der Waals surface area contributed by atoms with Gasteiger partial charge >= 0.3 is 0 Å². The molecule has 0 spiro atoms. The molecule has 2 nitrogen and oxygen atoms in total. The van der Waals surface area contributed by atoms with Crippen LogP contribution in [-0.2, 0) is 0 Å². The lowest BCUT2D eigenvalue weighted by atomic mass is 10.1. The number of hydrogen-bond acceptors (Lipinski definition) is 2. The van der Waals surface area contributed by atoms with Gasteiger partial charge in [-0.25, -0.2) is 0 Å². The molecule has 3 aromatic rings. The third-order valence-corrected chi connectivity index (χ3v) is 3.79. The second-order valence-electron chi connectivity index (χ2n) is 4.73. The molecule has 0 aliphatic carbocycles. The van der Waals surface area contributed by atoms with Gasteiger partial charge in [-0.1, -0.05) is 58.4 Å². The minimum absolute atomic E-state index is 0.0318. The van der Waals surface area contributed by atoms with E-state index in [1.54, 1.807) is 12.1 Å². The van der Waals surface area contributed by atoms with Crippen LogP contribution in [0.25, 0.3) is 10.8 Å². The Morgan fingerprint density at radius 1 is 0.905 bits per heavy atom. The van der Waals surface area contributed by atoms with Gasteiger partial charge in [0.25, 0.3) is 0 Å². The summed E-state index contributed by atoms with van der Waals surface area (Å²) < 4.78 is 6.55. The average Bonchev–Trinajstić information content (AvgIpc) is 2.53. The van der Waals surface area contributed by atoms with Crippen molar-refractivity contribution in [2.45, 2.75) is 0 Å². The molecule has 0 aliphatic rings. The lowest BCUT2D eigenvalue weighted by Crippen LogP contribution is -2.11. The van der Waals surface area contributed by atoms with Crippen LogP contribution < -0.4 is 4.74 Å². The molecule has 0 aromatic heterocycles. The lowest BCUT2D eigenvalue weighted by molar-refractivity contribution is 0.0921. The third-order valence-electron chi connectivity index (χ3n) is 3.26. The molecule has 21 heavy (non-hydrogen) atoms. The topological polar surface area (TPSA) is 26.3 Å². The number of ketones is 1. The number of carbonyl (C=O) groups is 1. The molecule has 0 radical (unpaired) electrons. The number of benzene rings is 3. The molecule has 0 saturated carbocycles. The third kappa shape index (κ3) is 3.31. The molecule has 0 fully saturated rings. The zero-order chi connectivity index (χ0) is 14.7. The first-order valence-corrected chi connectivity index (χ1v) is 7.42. The van der Waals surface area contributed by atoms with Gasteiger partial charge in [-0.05, 0) is 35.0 Å². The highest BCUT2D eigenvalue weighted by Crippen LogP contribution is 2.20. The van der Waals surface area contributed by atoms with E-state index in [-0.39, 0.29) is 12.4 Å². The van der Waals surface area contributed by atoms with Crippen LogP contribution >= 0.6 is 15.9 Å². The average molecular weight is 341 g/mol. The first-order valence-electron chi connectivity index (χ1n) is 6.63. The zero-order valence-corrected chi connectivity index (χ0v) is 12.8. The Bertz CT molecular complexity index is 779. The normalized spacial score (nSPS) is 10.5. The van der Waals surface area contributed by atoms with Crippen molar-refractivity contribution in [3.63, 3.8) is 0 Å². The molecule has 0 aliphatic heterocycles. The van der Waals surface area contributed by atoms with Crippen LogP contribution in [0.1, 0.15) is 10.4 Å². The molecule has 0 bridgehead atoms. The molecule has 0 atom stereocenters. The standard InChI is InChI=1S/C18H13BrO2/c19-16-8-5-14(6-9-16)18(20)12-21-17-10-7-13-3-1-2-4-15(13)11-17/h1-11H,12H2. The van der Waals surface area contributed by atoms with Crippen molar-refractivity contribution < 1.29 is 9.53 Å². The predicted octanol–water partition coefficient (Wildman–Crippen LogP) is 4.86. The molecule has 0 unspecified atom stereocenters. The fourth-order valence-electron chi connectivity index (χ4n) is 2.13. The van der Waals surface area contributed by atoms with Crippen LogP contribution in [-0.4, -0.2) is 12.4 Å². The Labute approximate surface area is 131 Å². The SMILES string of the molecule is O=C(COc1ccc2ccccc2c1)c1ccc(Br)cc1. The molecule has 3 rings (SSSR count). The van der Waals surface area contributed by atoms with E-state index in [4.69, 9.17) is 4.74 Å². The highest BCUT2D eigenvalue weighted by atomic mass is 79.9. The van der Waals surface area contributed by atoms with Gasteiger partial charge in [-0.2, -0.15) is 0 Å². The summed E-state index contributed by atoms with van der Waals surface area (Å²) in [6.45, 7) is 0.0416. The summed E-state index contributed by atoms with van der Waals surface area (Å²) in [5.41, 5.74) is 0.652. The Morgan fingerprint density at radius 2 is 1.62 bits per heavy atom. The lowest BCUT2D eigenvalue weighted by Gasteiger charge is -2.07. The van der Waals surface area contributed by atoms with Crippen molar-refractivity contribution in [2.24, 2.45) is 0 Å². The number of hydrogen-bond donors (Lipinski definition) is 0. The maximum Gasteiger partial charge on any atom is 0.200 e. The molecule has 0 amide bonds. The second-order valence-corrected chi connectivity index (χ2v) is 5.64. The number of rotatable bonds is 4. The van der Waals surface area contributed by atoms with Crippen LogP contribution in [0.5, 0.6) is 5.75 Å². The fourth-order valence-corrected chi connectivity index (χ4v) is 2.39. The molecule has 104 valence electrons. The first kappa shape index (κ1) is 13.8. The van der Waals surface area contributed by atoms with Crippen molar-refractivity contribution in [3.05, 3.63) is 76.8 Å². The number of ether oxygens (including phenoxy) is 1. The Hall–Kier alpha value is -2.13. The van der Waals surface area contributed by atoms with Crippen LogP contribution in [0, 0.1) is 0 Å². The van der Waals surface area contributed by atoms with Crippen LogP contribution in [0.2, 0.25) is 0 Å². The summed E-state index contributed by atoms with van der Waals surface area (Å²) >= 11 is 3.35. The van der Waals surface area contributed by atoms with Crippen LogP contribution in [0.3, 0.4) is 0 Å². The zero-order valence-electron chi connectivity index (χ0n) is 11.3. The van der Waals surface area contributed by atoms with Crippen molar-refractivity contribution in [1.82, 2.24) is 0 Å². The molecule has 3 aromatic carbocycles. The number of fused-ring (bicyclic) bond motifs is 1. The summed E-state index contributed by atoms with van der Waals surface area (Å²) in [7, 11) is 0. The second kappa shape index (κ2) is 6.10. The molecule has 0 heterocycles. The van der Waals surface area contributed by atoms with Crippen molar-refractivity contribution >= 4 is 32.5 Å². The summed E-state index contributed by atoms with van der Waals surface area (Å²) in [5.74, 6) is 0.676. The van der Waals surface area contributed by atoms with E-state index >= 15 is 0 Å². The van der Waals surface area contributed by atoms with E-state index in [0.29, 0.717) is 11.3 Å². The highest BCUT2D eigenvalue weighted by molar-refractivity contribution is 9.10. The Balaban J connectivity index is 1.71. The predicted molar refractivity (Wildman–Crippen MR) is 87.9 cm³/mol. The molecular formula is C18H13BrO2. The van der Waals surface area contributed by atoms with Gasteiger partial charge in [0.2, 0.25) is 0 Å². The Kier molecular flexibility index (Phi) is 4.02. The van der Waals surface area contributed by atoms with E-state index in [1.165, 1.54) is 0 Å². The first-order chi connectivity index (χ1) is 10.2. The number of halogens is 1. The van der Waals surface area contributed by atoms with Crippen molar-refractivity contribution in [1.29, 1.82) is 0 Å². The molecule has 0 saturated heterocycles. The van der Waals surface area contributed by atoms with Gasteiger partial charge in [0.15, 0.2) is 12.4 Å².